The third kappa shape index (κ3) is 1.01. The van der Waals surface area contributed by atoms with Crippen LogP contribution in [-0.4, -0.2) is 6.29 Å². The van der Waals surface area contributed by atoms with E-state index >= 15 is 0 Å². The van der Waals surface area contributed by atoms with Crippen LogP contribution in [0.1, 0.15) is 10.4 Å². The number of carbonyl (C=O) groups excluding carboxylic acids is 1. The van der Waals surface area contributed by atoms with Gasteiger partial charge in [0.1, 0.15) is 18.1 Å². The van der Waals surface area contributed by atoms with Gasteiger partial charge in [-0.3, -0.25) is 4.79 Å². The summed E-state index contributed by atoms with van der Waals surface area (Å²) >= 11 is 5.79. The Morgan fingerprint density at radius 3 is 3.00 bits per heavy atom. The highest BCUT2D eigenvalue weighted by molar-refractivity contribution is 6.35. The van der Waals surface area contributed by atoms with Crippen molar-refractivity contribution in [2.45, 2.75) is 0 Å². The molecular weight excluding hydrogens is 176 g/mol. The molecule has 0 aliphatic rings. The fourth-order valence-electron chi connectivity index (χ4n) is 1.09. The number of hydrogen-bond acceptors (Lipinski definition) is 2. The molecule has 12 heavy (non-hydrogen) atoms. The molecule has 2 nitrogen and oxygen atoms in total. The van der Waals surface area contributed by atoms with Crippen molar-refractivity contribution in [3.05, 3.63) is 35.0 Å². The van der Waals surface area contributed by atoms with Crippen LogP contribution in [-0.2, 0) is 0 Å². The van der Waals surface area contributed by atoms with Gasteiger partial charge in [-0.1, -0.05) is 17.7 Å². The second kappa shape index (κ2) is 2.64. The minimum Gasteiger partial charge on any atom is -0.463 e. The molecule has 2 aromatic rings. The molecule has 3 heteroatoms. The third-order valence-corrected chi connectivity index (χ3v) is 1.98. The molecule has 0 fully saturated rings. The molecule has 1 aromatic heterocycles. The Labute approximate surface area is 73.7 Å². The number of fused-ring (bicyclic) bond motifs is 1. The molecule has 60 valence electrons. The smallest absolute Gasteiger partial charge is 0.150 e. The average molecular weight is 181 g/mol. The number of aldehydes is 1. The lowest BCUT2D eigenvalue weighted by atomic mass is 10.2. The molecule has 0 saturated heterocycles. The molecule has 1 aromatic carbocycles. The molecule has 0 spiro atoms. The van der Waals surface area contributed by atoms with Crippen molar-refractivity contribution in [3.8, 4) is 0 Å². The number of hydrogen-bond donors (Lipinski definition) is 0. The lowest BCUT2D eigenvalue weighted by Crippen LogP contribution is -1.76. The van der Waals surface area contributed by atoms with Crippen molar-refractivity contribution in [2.75, 3.05) is 0 Å². The number of rotatable bonds is 1. The van der Waals surface area contributed by atoms with Gasteiger partial charge in [-0.05, 0) is 12.1 Å². The minimum atomic E-state index is 0.572. The van der Waals surface area contributed by atoms with Gasteiger partial charge in [-0.15, -0.1) is 0 Å². The maximum atomic E-state index is 10.4. The zero-order valence-corrected chi connectivity index (χ0v) is 6.84. The van der Waals surface area contributed by atoms with Gasteiger partial charge in [-0.25, -0.2) is 0 Å². The number of carbonyl (C=O) groups is 1. The molecule has 0 saturated carbocycles. The Hall–Kier alpha value is -1.28. The molecule has 0 bridgehead atoms. The zero-order chi connectivity index (χ0) is 8.55. The van der Waals surface area contributed by atoms with Crippen molar-refractivity contribution in [1.82, 2.24) is 0 Å². The summed E-state index contributed by atoms with van der Waals surface area (Å²) in [5, 5.41) is 1.41. The van der Waals surface area contributed by atoms with E-state index < -0.39 is 0 Å². The average Bonchev–Trinajstić information content (AvgIpc) is 2.47. The highest BCUT2D eigenvalue weighted by Gasteiger charge is 2.02. The third-order valence-electron chi connectivity index (χ3n) is 1.69. The van der Waals surface area contributed by atoms with Crippen molar-refractivity contribution >= 4 is 28.9 Å². The second-order valence-corrected chi connectivity index (χ2v) is 2.86. The van der Waals surface area contributed by atoms with E-state index in [1.807, 2.05) is 0 Å². The SMILES string of the molecule is O=Cc1ccc2c(Cl)coc2c1. The molecule has 0 atom stereocenters. The lowest BCUT2D eigenvalue weighted by molar-refractivity contribution is 0.112. The highest BCUT2D eigenvalue weighted by Crippen LogP contribution is 2.25. The van der Waals surface area contributed by atoms with Crippen molar-refractivity contribution in [1.29, 1.82) is 0 Å². The number of furan rings is 1. The van der Waals surface area contributed by atoms with E-state index in [1.54, 1.807) is 18.2 Å². The van der Waals surface area contributed by atoms with Crippen LogP contribution in [0.3, 0.4) is 0 Å². The van der Waals surface area contributed by atoms with Gasteiger partial charge < -0.3 is 4.42 Å². The Bertz CT molecular complexity index is 431. The van der Waals surface area contributed by atoms with Gasteiger partial charge in [0.05, 0.1) is 5.02 Å². The van der Waals surface area contributed by atoms with Gasteiger partial charge in [0, 0.05) is 10.9 Å². The monoisotopic (exact) mass is 180 g/mol. The Morgan fingerprint density at radius 2 is 2.25 bits per heavy atom. The van der Waals surface area contributed by atoms with Crippen molar-refractivity contribution in [3.63, 3.8) is 0 Å². The van der Waals surface area contributed by atoms with E-state index in [0.717, 1.165) is 11.7 Å². The van der Waals surface area contributed by atoms with E-state index in [4.69, 9.17) is 16.0 Å². The number of halogens is 1. The van der Waals surface area contributed by atoms with Crippen LogP contribution in [0.25, 0.3) is 11.0 Å². The van der Waals surface area contributed by atoms with Gasteiger partial charge in [0.25, 0.3) is 0 Å². The summed E-state index contributed by atoms with van der Waals surface area (Å²) in [7, 11) is 0. The minimum absolute atomic E-state index is 0.572. The van der Waals surface area contributed by atoms with Crippen LogP contribution in [0.4, 0.5) is 0 Å². The van der Waals surface area contributed by atoms with Gasteiger partial charge in [0.2, 0.25) is 0 Å². The number of benzene rings is 1. The van der Waals surface area contributed by atoms with Crippen LogP contribution in [0.2, 0.25) is 5.02 Å². The van der Waals surface area contributed by atoms with Crippen LogP contribution >= 0.6 is 11.6 Å². The van der Waals surface area contributed by atoms with Gasteiger partial charge in [0.15, 0.2) is 0 Å². The van der Waals surface area contributed by atoms with Crippen molar-refractivity contribution < 1.29 is 9.21 Å². The quantitative estimate of drug-likeness (QED) is 0.632. The zero-order valence-electron chi connectivity index (χ0n) is 6.08. The van der Waals surface area contributed by atoms with Crippen LogP contribution in [0.5, 0.6) is 0 Å². The fraction of sp³-hybridized carbons (Fsp3) is 0. The van der Waals surface area contributed by atoms with E-state index in [0.29, 0.717) is 16.2 Å². The molecule has 0 amide bonds. The highest BCUT2D eigenvalue weighted by atomic mass is 35.5. The van der Waals surface area contributed by atoms with E-state index in [-0.39, 0.29) is 0 Å². The normalized spacial score (nSPS) is 10.4. The van der Waals surface area contributed by atoms with Crippen LogP contribution in [0.15, 0.2) is 28.9 Å². The summed E-state index contributed by atoms with van der Waals surface area (Å²) in [4.78, 5) is 10.4. The van der Waals surface area contributed by atoms with Crippen molar-refractivity contribution in [2.24, 2.45) is 0 Å². The van der Waals surface area contributed by atoms with Crippen LogP contribution < -0.4 is 0 Å². The first kappa shape index (κ1) is 7.37. The first-order valence-electron chi connectivity index (χ1n) is 3.43. The predicted molar refractivity (Wildman–Crippen MR) is 46.6 cm³/mol. The summed E-state index contributed by atoms with van der Waals surface area (Å²) in [6, 6.07) is 5.13. The summed E-state index contributed by atoms with van der Waals surface area (Å²) in [6.45, 7) is 0. The first-order valence-corrected chi connectivity index (χ1v) is 3.81. The summed E-state index contributed by atoms with van der Waals surface area (Å²) in [6.07, 6.45) is 2.23. The maximum Gasteiger partial charge on any atom is 0.150 e. The van der Waals surface area contributed by atoms with Gasteiger partial charge >= 0.3 is 0 Å². The second-order valence-electron chi connectivity index (χ2n) is 2.46. The maximum absolute atomic E-state index is 10.4. The predicted octanol–water partition coefficient (Wildman–Crippen LogP) is 2.90. The Balaban J connectivity index is 2.77. The Kier molecular flexibility index (Phi) is 1.62. The molecule has 1 heterocycles. The lowest BCUT2D eigenvalue weighted by Gasteiger charge is -1.89. The largest absolute Gasteiger partial charge is 0.463 e. The molecule has 0 unspecified atom stereocenters. The van der Waals surface area contributed by atoms with Crippen LogP contribution in [0, 0.1) is 0 Å². The van der Waals surface area contributed by atoms with E-state index in [9.17, 15) is 4.79 Å². The first-order chi connectivity index (χ1) is 5.81. The molecule has 2 rings (SSSR count). The molecule has 0 aliphatic carbocycles. The standard InChI is InChI=1S/C9H5ClO2/c10-8-5-12-9-3-6(4-11)1-2-7(8)9/h1-5H. The molecule has 0 radical (unpaired) electrons. The fourth-order valence-corrected chi connectivity index (χ4v) is 1.29. The Morgan fingerprint density at radius 1 is 1.42 bits per heavy atom. The summed E-state index contributed by atoms with van der Waals surface area (Å²) in [5.41, 5.74) is 1.23. The van der Waals surface area contributed by atoms with E-state index in [2.05, 4.69) is 0 Å². The summed E-state index contributed by atoms with van der Waals surface area (Å²) in [5.74, 6) is 0. The van der Waals surface area contributed by atoms with Gasteiger partial charge in [-0.2, -0.15) is 0 Å². The molecular formula is C9H5ClO2. The topological polar surface area (TPSA) is 30.2 Å². The molecule has 0 aliphatic heterocycles. The summed E-state index contributed by atoms with van der Waals surface area (Å²) < 4.78 is 5.10. The van der Waals surface area contributed by atoms with E-state index in [1.165, 1.54) is 6.26 Å². The molecule has 0 N–H and O–H groups in total.